The van der Waals surface area contributed by atoms with Gasteiger partial charge in [0.15, 0.2) is 5.75 Å². The molecule has 2 aromatic rings. The van der Waals surface area contributed by atoms with Gasteiger partial charge in [0.05, 0.1) is 5.69 Å². The van der Waals surface area contributed by atoms with Crippen LogP contribution in [0.15, 0.2) is 41.3 Å². The molecule has 23 heavy (non-hydrogen) atoms. The molecule has 1 aromatic heterocycles. The van der Waals surface area contributed by atoms with E-state index in [2.05, 4.69) is 54.7 Å². The summed E-state index contributed by atoms with van der Waals surface area (Å²) in [5.41, 5.74) is 3.03. The third-order valence-corrected chi connectivity index (χ3v) is 3.30. The molecule has 1 N–H and O–H groups in total. The Bertz CT molecular complexity index is 622. The zero-order chi connectivity index (χ0) is 17.3. The average Bonchev–Trinajstić information content (AvgIpc) is 2.52. The fourth-order valence-electron chi connectivity index (χ4n) is 1.67. The number of nitrogens with zero attached hydrogens (tertiary/aromatic N) is 1. The first-order valence-corrected chi connectivity index (χ1v) is 10.0. The average molecular weight is 514 g/mol. The Morgan fingerprint density at radius 3 is 1.96 bits per heavy atom. The summed E-state index contributed by atoms with van der Waals surface area (Å²) in [5, 5.41) is 9.05. The molecule has 131 valence electrons. The first-order chi connectivity index (χ1) is 10.3. The van der Waals surface area contributed by atoms with Crippen LogP contribution in [0.25, 0.3) is 0 Å². The van der Waals surface area contributed by atoms with Crippen molar-refractivity contribution in [2.75, 3.05) is 0 Å². The van der Waals surface area contributed by atoms with Crippen LogP contribution in [-0.2, 0) is 24.6 Å². The van der Waals surface area contributed by atoms with E-state index >= 15 is 0 Å². The van der Waals surface area contributed by atoms with Gasteiger partial charge in [0, 0.05) is 19.3 Å². The van der Waals surface area contributed by atoms with Crippen molar-refractivity contribution >= 4 is 9.64 Å². The normalized spacial score (nSPS) is 9.04. The molecule has 0 atom stereocenters. The van der Waals surface area contributed by atoms with Gasteiger partial charge >= 0.3 is 27.2 Å². The first-order valence-electron chi connectivity index (χ1n) is 6.88. The summed E-state index contributed by atoms with van der Waals surface area (Å²) in [6.07, 6.45) is 1.62. The van der Waals surface area contributed by atoms with E-state index in [0.717, 1.165) is 0 Å². The number of rotatable bonds is 1. The first kappa shape index (κ1) is 24.2. The van der Waals surface area contributed by atoms with E-state index < -0.39 is 0 Å². The molecule has 0 aliphatic rings. The van der Waals surface area contributed by atoms with Gasteiger partial charge in [0.25, 0.3) is 0 Å². The Morgan fingerprint density at radius 1 is 1.09 bits per heavy atom. The van der Waals surface area contributed by atoms with Gasteiger partial charge in [-0.15, -0.1) is 0 Å². The van der Waals surface area contributed by atoms with Crippen molar-refractivity contribution in [3.8, 4) is 5.75 Å². The molecule has 0 aliphatic heterocycles. The predicted molar refractivity (Wildman–Crippen MR) is 95.6 cm³/mol. The molecular formula is C18H26ClNO2Os-. The number of hydrogen-bond donors (Lipinski definition) is 1. The summed E-state index contributed by atoms with van der Waals surface area (Å²) in [5.74, 6) is 0.491. The Hall–Kier alpha value is -1.10. The predicted octanol–water partition coefficient (Wildman–Crippen LogP) is 4.66. The summed E-state index contributed by atoms with van der Waals surface area (Å²) in [4.78, 5) is 10.7. The number of aromatic hydroxyl groups is 1. The third kappa shape index (κ3) is 8.35. The molecule has 0 spiro atoms. The summed E-state index contributed by atoms with van der Waals surface area (Å²) >= 11 is 1.33. The van der Waals surface area contributed by atoms with Crippen molar-refractivity contribution in [2.24, 2.45) is 7.05 Å². The molecule has 0 radical (unpaired) electrons. The fraction of sp³-hybridized carbons (Fsp3) is 0.333. The van der Waals surface area contributed by atoms with Crippen molar-refractivity contribution in [2.45, 2.75) is 33.6 Å². The molecule has 1 heterocycles. The standard InChI is InChI=1S/C10H14.C7H9NO2.CH3.ClH.Os/c1-8(2)10-6-4-9(3)5-7-10;1-5-7(10)6(9)3-4-8(5)2;;;/h4-8H,1-3H3;3-4,10H,1-2H3;1H3;1H;/q;;-1;;+1/p-1. The second kappa shape index (κ2) is 12.3. The molecule has 2 rings (SSSR count). The number of halogens is 1. The van der Waals surface area contributed by atoms with Gasteiger partial charge in [0.1, 0.15) is 0 Å². The fourth-order valence-corrected chi connectivity index (χ4v) is 1.67. The molecule has 0 saturated heterocycles. The van der Waals surface area contributed by atoms with Gasteiger partial charge < -0.3 is 17.1 Å². The summed E-state index contributed by atoms with van der Waals surface area (Å²) in [7, 11) is 6.44. The number of pyridine rings is 1. The molecule has 1 aromatic carbocycles. The number of aryl methyl sites for hydroxylation is 2. The van der Waals surface area contributed by atoms with Crippen LogP contribution in [0, 0.1) is 21.3 Å². The molecule has 0 bridgehead atoms. The molecule has 0 amide bonds. The monoisotopic (exact) mass is 515 g/mol. The van der Waals surface area contributed by atoms with Crippen LogP contribution in [0.3, 0.4) is 0 Å². The molecule has 5 heteroatoms. The van der Waals surface area contributed by atoms with Gasteiger partial charge in [-0.3, -0.25) is 4.79 Å². The van der Waals surface area contributed by atoms with Crippen molar-refractivity contribution in [1.82, 2.24) is 4.57 Å². The van der Waals surface area contributed by atoms with Crippen molar-refractivity contribution in [3.05, 3.63) is 71.0 Å². The quantitative estimate of drug-likeness (QED) is 0.564. The molecule has 0 unspecified atom stereocenters. The summed E-state index contributed by atoms with van der Waals surface area (Å²) < 4.78 is 1.69. The number of hydrogen-bond acceptors (Lipinski definition) is 2. The molecule has 0 fully saturated rings. The van der Waals surface area contributed by atoms with E-state index in [1.807, 2.05) is 0 Å². The minimum absolute atomic E-state index is 0. The van der Waals surface area contributed by atoms with Crippen molar-refractivity contribution in [1.29, 1.82) is 0 Å². The molecule has 0 saturated carbocycles. The summed E-state index contributed by atoms with van der Waals surface area (Å²) in [6.45, 7) is 8.23. The van der Waals surface area contributed by atoms with E-state index in [1.54, 1.807) is 24.7 Å². The van der Waals surface area contributed by atoms with Gasteiger partial charge in [-0.1, -0.05) is 43.7 Å². The maximum absolute atomic E-state index is 10.7. The Labute approximate surface area is 154 Å². The van der Waals surface area contributed by atoms with Crippen LogP contribution < -0.4 is 5.43 Å². The zero-order valence-corrected chi connectivity index (χ0v) is 17.9. The Kier molecular flexibility index (Phi) is 13.0. The van der Waals surface area contributed by atoms with Gasteiger partial charge in [0.2, 0.25) is 5.43 Å². The van der Waals surface area contributed by atoms with E-state index in [1.165, 1.54) is 34.8 Å². The SMILES string of the molecule is Cc1c(O)c(=O)ccn1C.Cc1ccc(C(C)C)cc1.[CH3-].[Cl][Os]. The van der Waals surface area contributed by atoms with Gasteiger partial charge in [-0.2, -0.15) is 0 Å². The van der Waals surface area contributed by atoms with E-state index in [9.17, 15) is 4.79 Å². The van der Waals surface area contributed by atoms with Crippen LogP contribution in [0.5, 0.6) is 5.75 Å². The third-order valence-electron chi connectivity index (χ3n) is 3.30. The maximum atomic E-state index is 10.7. The molecule has 3 nitrogen and oxygen atoms in total. The second-order valence-corrected chi connectivity index (χ2v) is 5.29. The Balaban J connectivity index is 0. The zero-order valence-electron chi connectivity index (χ0n) is 14.6. The summed E-state index contributed by atoms with van der Waals surface area (Å²) in [6, 6.07) is 10.0. The van der Waals surface area contributed by atoms with Crippen molar-refractivity contribution in [3.63, 3.8) is 0 Å². The van der Waals surface area contributed by atoms with E-state index in [-0.39, 0.29) is 18.6 Å². The topological polar surface area (TPSA) is 42.2 Å². The Morgan fingerprint density at radius 2 is 1.57 bits per heavy atom. The van der Waals surface area contributed by atoms with E-state index in [0.29, 0.717) is 11.6 Å². The van der Waals surface area contributed by atoms with Crippen LogP contribution in [0.2, 0.25) is 0 Å². The number of benzene rings is 1. The molecular weight excluding hydrogens is 488 g/mol. The number of aromatic nitrogens is 1. The van der Waals surface area contributed by atoms with E-state index in [4.69, 9.17) is 5.11 Å². The molecule has 0 aliphatic carbocycles. The van der Waals surface area contributed by atoms with Crippen LogP contribution in [-0.4, -0.2) is 9.67 Å². The van der Waals surface area contributed by atoms with Crippen LogP contribution in [0.4, 0.5) is 0 Å². The minimum atomic E-state index is -0.324. The second-order valence-electron chi connectivity index (χ2n) is 5.29. The van der Waals surface area contributed by atoms with Gasteiger partial charge in [-0.05, 0) is 25.3 Å². The van der Waals surface area contributed by atoms with Crippen LogP contribution in [0.1, 0.15) is 36.6 Å². The van der Waals surface area contributed by atoms with Crippen molar-refractivity contribution < 1.29 is 22.7 Å². The van der Waals surface area contributed by atoms with Gasteiger partial charge in [-0.25, -0.2) is 0 Å². The van der Waals surface area contributed by atoms with Crippen LogP contribution >= 0.6 is 9.64 Å².